The van der Waals surface area contributed by atoms with Gasteiger partial charge in [-0.2, -0.15) is 0 Å². The highest BCUT2D eigenvalue weighted by atomic mass is 16.5. The highest BCUT2D eigenvalue weighted by Crippen LogP contribution is 2.27. The van der Waals surface area contributed by atoms with Gasteiger partial charge in [0.1, 0.15) is 11.5 Å². The lowest BCUT2D eigenvalue weighted by molar-refractivity contribution is 0.391. The van der Waals surface area contributed by atoms with Crippen LogP contribution in [0, 0.1) is 0 Å². The summed E-state index contributed by atoms with van der Waals surface area (Å²) in [5.41, 5.74) is 4.62. The monoisotopic (exact) mass is 277 g/mol. The van der Waals surface area contributed by atoms with Crippen molar-refractivity contribution in [3.05, 3.63) is 35.7 Å². The maximum absolute atomic E-state index is 5.66. The van der Waals surface area contributed by atoms with E-state index in [4.69, 9.17) is 15.3 Å². The average molecular weight is 277 g/mol. The number of hydrazine groups is 1. The van der Waals surface area contributed by atoms with Gasteiger partial charge < -0.3 is 9.47 Å². The molecule has 0 saturated carbocycles. The molecule has 0 spiro atoms. The predicted octanol–water partition coefficient (Wildman–Crippen LogP) is 0.579. The molecule has 0 saturated heterocycles. The highest BCUT2D eigenvalue weighted by Gasteiger charge is 2.15. The second kappa shape index (κ2) is 6.36. The number of hydrogen-bond donors (Lipinski definition) is 2. The van der Waals surface area contributed by atoms with Gasteiger partial charge in [-0.15, -0.1) is 5.10 Å². The van der Waals surface area contributed by atoms with E-state index in [1.165, 1.54) is 0 Å². The van der Waals surface area contributed by atoms with Gasteiger partial charge in [-0.3, -0.25) is 16.0 Å². The molecule has 0 radical (unpaired) electrons. The van der Waals surface area contributed by atoms with E-state index in [1.807, 2.05) is 31.4 Å². The average Bonchev–Trinajstić information content (AvgIpc) is 2.89. The molecule has 0 aliphatic carbocycles. The summed E-state index contributed by atoms with van der Waals surface area (Å²) in [6, 6.07) is 5.56. The first-order valence-corrected chi connectivity index (χ1v) is 6.20. The molecule has 20 heavy (non-hydrogen) atoms. The van der Waals surface area contributed by atoms with Crippen LogP contribution in [-0.4, -0.2) is 29.2 Å². The van der Waals surface area contributed by atoms with Crippen molar-refractivity contribution in [2.75, 3.05) is 14.2 Å². The Morgan fingerprint density at radius 3 is 2.35 bits per heavy atom. The third-order valence-electron chi connectivity index (χ3n) is 3.04. The summed E-state index contributed by atoms with van der Waals surface area (Å²) in [5, 5.41) is 7.98. The Morgan fingerprint density at radius 2 is 1.90 bits per heavy atom. The minimum absolute atomic E-state index is 0.101. The number of nitrogens with two attached hydrogens (primary N) is 1. The van der Waals surface area contributed by atoms with Gasteiger partial charge in [0, 0.05) is 25.7 Å². The van der Waals surface area contributed by atoms with Crippen LogP contribution in [0.15, 0.2) is 24.4 Å². The van der Waals surface area contributed by atoms with E-state index in [2.05, 4.69) is 15.7 Å². The Kier molecular flexibility index (Phi) is 4.54. The summed E-state index contributed by atoms with van der Waals surface area (Å²) in [4.78, 5) is 0. The van der Waals surface area contributed by atoms with Crippen molar-refractivity contribution in [1.82, 2.24) is 20.4 Å². The van der Waals surface area contributed by atoms with Gasteiger partial charge in [0.25, 0.3) is 0 Å². The minimum atomic E-state index is -0.101. The lowest BCUT2D eigenvalue weighted by Crippen LogP contribution is -2.29. The molecule has 1 aromatic heterocycles. The number of ether oxygens (including phenoxy) is 2. The summed E-state index contributed by atoms with van der Waals surface area (Å²) < 4.78 is 12.2. The number of benzene rings is 1. The topological polar surface area (TPSA) is 87.2 Å². The van der Waals surface area contributed by atoms with Gasteiger partial charge >= 0.3 is 0 Å². The van der Waals surface area contributed by atoms with E-state index in [-0.39, 0.29) is 6.04 Å². The minimum Gasteiger partial charge on any atom is -0.497 e. The quantitative estimate of drug-likeness (QED) is 0.593. The fourth-order valence-electron chi connectivity index (χ4n) is 2.00. The van der Waals surface area contributed by atoms with Crippen LogP contribution in [0.1, 0.15) is 17.3 Å². The Morgan fingerprint density at radius 1 is 1.25 bits per heavy atom. The normalized spacial score (nSPS) is 12.2. The summed E-state index contributed by atoms with van der Waals surface area (Å²) in [6.45, 7) is 0. The predicted molar refractivity (Wildman–Crippen MR) is 74.3 cm³/mol. The molecule has 0 aliphatic rings. The molecule has 1 aromatic carbocycles. The van der Waals surface area contributed by atoms with E-state index in [9.17, 15) is 0 Å². The molecule has 0 amide bonds. The number of aromatic nitrogens is 3. The molecule has 0 aliphatic heterocycles. The first-order valence-electron chi connectivity index (χ1n) is 6.20. The molecule has 108 valence electrons. The maximum atomic E-state index is 5.66. The van der Waals surface area contributed by atoms with Gasteiger partial charge in [0.2, 0.25) is 0 Å². The van der Waals surface area contributed by atoms with Gasteiger partial charge in [-0.05, 0) is 17.7 Å². The van der Waals surface area contributed by atoms with Gasteiger partial charge in [0.15, 0.2) is 0 Å². The van der Waals surface area contributed by atoms with Crippen molar-refractivity contribution in [1.29, 1.82) is 0 Å². The zero-order valence-electron chi connectivity index (χ0n) is 11.8. The molecule has 7 nitrogen and oxygen atoms in total. The lowest BCUT2D eigenvalue weighted by Gasteiger charge is -2.17. The van der Waals surface area contributed by atoms with Crippen molar-refractivity contribution >= 4 is 0 Å². The molecule has 1 heterocycles. The summed E-state index contributed by atoms with van der Waals surface area (Å²) in [5.74, 6) is 7.10. The SMILES string of the molecule is COc1cc(OC)cc(C(Cc2cn(C)nn2)NN)c1. The third kappa shape index (κ3) is 3.25. The second-order valence-corrected chi connectivity index (χ2v) is 4.45. The van der Waals surface area contributed by atoms with Crippen LogP contribution in [0.2, 0.25) is 0 Å². The number of methoxy groups -OCH3 is 2. The van der Waals surface area contributed by atoms with Crippen LogP contribution < -0.4 is 20.7 Å². The fourth-order valence-corrected chi connectivity index (χ4v) is 2.00. The Bertz CT molecular complexity index is 547. The van der Waals surface area contributed by atoms with Crippen molar-refractivity contribution in [3.8, 4) is 11.5 Å². The largest absolute Gasteiger partial charge is 0.497 e. The van der Waals surface area contributed by atoms with Gasteiger partial charge in [0.05, 0.1) is 26.0 Å². The highest BCUT2D eigenvalue weighted by molar-refractivity contribution is 5.40. The van der Waals surface area contributed by atoms with E-state index in [1.54, 1.807) is 18.9 Å². The van der Waals surface area contributed by atoms with Crippen LogP contribution in [0.25, 0.3) is 0 Å². The molecular formula is C13H19N5O2. The van der Waals surface area contributed by atoms with Crippen molar-refractivity contribution in [2.24, 2.45) is 12.9 Å². The van der Waals surface area contributed by atoms with E-state index >= 15 is 0 Å². The zero-order chi connectivity index (χ0) is 14.5. The van der Waals surface area contributed by atoms with Crippen LogP contribution in [0.4, 0.5) is 0 Å². The number of aryl methyl sites for hydroxylation is 1. The molecule has 1 unspecified atom stereocenters. The van der Waals surface area contributed by atoms with Crippen molar-refractivity contribution < 1.29 is 9.47 Å². The Balaban J connectivity index is 2.26. The summed E-state index contributed by atoms with van der Waals surface area (Å²) in [7, 11) is 5.06. The summed E-state index contributed by atoms with van der Waals surface area (Å²) >= 11 is 0. The Hall–Kier alpha value is -2.12. The van der Waals surface area contributed by atoms with Crippen molar-refractivity contribution in [3.63, 3.8) is 0 Å². The van der Waals surface area contributed by atoms with E-state index in [0.29, 0.717) is 6.42 Å². The molecule has 3 N–H and O–H groups in total. The molecular weight excluding hydrogens is 258 g/mol. The third-order valence-corrected chi connectivity index (χ3v) is 3.04. The van der Waals surface area contributed by atoms with Gasteiger partial charge in [-0.25, -0.2) is 0 Å². The number of nitrogens with one attached hydrogen (secondary N) is 1. The molecule has 0 bridgehead atoms. The molecule has 2 rings (SSSR count). The number of nitrogens with zero attached hydrogens (tertiary/aromatic N) is 3. The first kappa shape index (κ1) is 14.3. The molecule has 2 aromatic rings. The molecule has 0 fully saturated rings. The van der Waals surface area contributed by atoms with Gasteiger partial charge in [-0.1, -0.05) is 5.21 Å². The maximum Gasteiger partial charge on any atom is 0.122 e. The lowest BCUT2D eigenvalue weighted by atomic mass is 10.0. The van der Waals surface area contributed by atoms with E-state index in [0.717, 1.165) is 22.8 Å². The summed E-state index contributed by atoms with van der Waals surface area (Å²) in [6.07, 6.45) is 2.49. The van der Waals surface area contributed by atoms with Crippen LogP contribution in [-0.2, 0) is 13.5 Å². The fraction of sp³-hybridized carbons (Fsp3) is 0.385. The second-order valence-electron chi connectivity index (χ2n) is 4.45. The zero-order valence-corrected chi connectivity index (χ0v) is 11.8. The first-order chi connectivity index (χ1) is 9.66. The Labute approximate surface area is 117 Å². The van der Waals surface area contributed by atoms with Crippen LogP contribution >= 0.6 is 0 Å². The number of rotatable bonds is 6. The number of hydrogen-bond acceptors (Lipinski definition) is 6. The van der Waals surface area contributed by atoms with Crippen LogP contribution in [0.3, 0.4) is 0 Å². The smallest absolute Gasteiger partial charge is 0.122 e. The standard InChI is InChI=1S/C13H19N5O2/c1-18-8-10(16-17-18)6-13(15-14)9-4-11(19-2)7-12(5-9)20-3/h4-5,7-8,13,15H,6,14H2,1-3H3. The van der Waals surface area contributed by atoms with Crippen LogP contribution in [0.5, 0.6) is 11.5 Å². The van der Waals surface area contributed by atoms with Crippen molar-refractivity contribution in [2.45, 2.75) is 12.5 Å². The molecule has 7 heteroatoms. The van der Waals surface area contributed by atoms with E-state index < -0.39 is 0 Å². The molecule has 1 atom stereocenters.